The van der Waals surface area contributed by atoms with Crippen molar-refractivity contribution in [2.75, 3.05) is 6.54 Å². The quantitative estimate of drug-likeness (QED) is 0.854. The molecule has 102 valence electrons. The summed E-state index contributed by atoms with van der Waals surface area (Å²) < 4.78 is 36.4. The SMILES string of the molecule is CC(CC(F)(F)F)NCC(C)(O)c1ccccc1. The van der Waals surface area contributed by atoms with Crippen LogP contribution in [0.15, 0.2) is 30.3 Å². The Kier molecular flexibility index (Phi) is 4.76. The highest BCUT2D eigenvalue weighted by atomic mass is 19.4. The van der Waals surface area contributed by atoms with Gasteiger partial charge in [-0.25, -0.2) is 0 Å². The summed E-state index contributed by atoms with van der Waals surface area (Å²) in [5.41, 5.74) is -0.502. The Labute approximate surface area is 105 Å². The van der Waals surface area contributed by atoms with Crippen LogP contribution in [0.2, 0.25) is 0 Å². The maximum Gasteiger partial charge on any atom is 0.390 e. The molecule has 0 fully saturated rings. The summed E-state index contributed by atoms with van der Waals surface area (Å²) in [6.45, 7) is 3.11. The summed E-state index contributed by atoms with van der Waals surface area (Å²) in [7, 11) is 0. The molecule has 2 nitrogen and oxygen atoms in total. The molecule has 1 aromatic rings. The Morgan fingerprint density at radius 1 is 1.22 bits per heavy atom. The molecule has 1 rings (SSSR count). The number of nitrogens with one attached hydrogen (secondary N) is 1. The van der Waals surface area contributed by atoms with E-state index in [1.807, 2.05) is 6.07 Å². The summed E-state index contributed by atoms with van der Waals surface area (Å²) in [5, 5.41) is 12.9. The lowest BCUT2D eigenvalue weighted by Crippen LogP contribution is -2.41. The molecule has 0 heterocycles. The van der Waals surface area contributed by atoms with Crippen LogP contribution in [-0.4, -0.2) is 23.9 Å². The van der Waals surface area contributed by atoms with Crippen LogP contribution in [0.5, 0.6) is 0 Å². The number of benzene rings is 1. The van der Waals surface area contributed by atoms with E-state index in [-0.39, 0.29) is 6.54 Å². The second-order valence-electron chi connectivity index (χ2n) is 4.74. The Balaban J connectivity index is 2.52. The first-order valence-electron chi connectivity index (χ1n) is 5.79. The van der Waals surface area contributed by atoms with Crippen LogP contribution in [0, 0.1) is 0 Å². The van der Waals surface area contributed by atoms with Crippen molar-refractivity contribution in [1.29, 1.82) is 0 Å². The average Bonchev–Trinajstić information content (AvgIpc) is 2.26. The van der Waals surface area contributed by atoms with Gasteiger partial charge < -0.3 is 10.4 Å². The van der Waals surface area contributed by atoms with Crippen LogP contribution in [-0.2, 0) is 5.60 Å². The summed E-state index contributed by atoms with van der Waals surface area (Å²) in [6.07, 6.45) is -5.09. The molecule has 5 heteroatoms. The van der Waals surface area contributed by atoms with E-state index in [0.717, 1.165) is 0 Å². The Morgan fingerprint density at radius 3 is 2.28 bits per heavy atom. The van der Waals surface area contributed by atoms with Gasteiger partial charge in [0, 0.05) is 12.6 Å². The number of rotatable bonds is 5. The lowest BCUT2D eigenvalue weighted by Gasteiger charge is -2.26. The molecule has 1 aromatic carbocycles. The van der Waals surface area contributed by atoms with Crippen molar-refractivity contribution in [3.63, 3.8) is 0 Å². The van der Waals surface area contributed by atoms with E-state index in [0.29, 0.717) is 5.56 Å². The molecular weight excluding hydrogens is 243 g/mol. The number of halogens is 3. The molecule has 2 unspecified atom stereocenters. The topological polar surface area (TPSA) is 32.3 Å². The first-order valence-corrected chi connectivity index (χ1v) is 5.79. The normalized spacial score (nSPS) is 17.2. The predicted molar refractivity (Wildman–Crippen MR) is 64.1 cm³/mol. The van der Waals surface area contributed by atoms with Crippen LogP contribution in [0.3, 0.4) is 0 Å². The van der Waals surface area contributed by atoms with Gasteiger partial charge in [0.2, 0.25) is 0 Å². The van der Waals surface area contributed by atoms with Gasteiger partial charge in [-0.15, -0.1) is 0 Å². The standard InChI is InChI=1S/C13H18F3NO/c1-10(8-13(14,15)16)17-9-12(2,18)11-6-4-3-5-7-11/h3-7,10,17-18H,8-9H2,1-2H3. The fourth-order valence-electron chi connectivity index (χ4n) is 1.69. The minimum absolute atomic E-state index is 0.0776. The number of hydrogen-bond acceptors (Lipinski definition) is 2. The molecule has 0 aliphatic heterocycles. The molecule has 0 aromatic heterocycles. The first-order chi connectivity index (χ1) is 8.21. The molecule has 2 N–H and O–H groups in total. The van der Waals surface area contributed by atoms with Crippen molar-refractivity contribution in [3.8, 4) is 0 Å². The fourth-order valence-corrected chi connectivity index (χ4v) is 1.69. The van der Waals surface area contributed by atoms with Gasteiger partial charge >= 0.3 is 6.18 Å². The van der Waals surface area contributed by atoms with Crippen molar-refractivity contribution in [2.45, 2.75) is 38.1 Å². The highest BCUT2D eigenvalue weighted by molar-refractivity contribution is 5.21. The van der Waals surface area contributed by atoms with Gasteiger partial charge in [0.05, 0.1) is 12.0 Å². The lowest BCUT2D eigenvalue weighted by molar-refractivity contribution is -0.139. The number of alkyl halides is 3. The van der Waals surface area contributed by atoms with Crippen LogP contribution in [0.4, 0.5) is 13.2 Å². The highest BCUT2D eigenvalue weighted by Crippen LogP contribution is 2.23. The van der Waals surface area contributed by atoms with E-state index < -0.39 is 24.2 Å². The van der Waals surface area contributed by atoms with Crippen molar-refractivity contribution in [2.24, 2.45) is 0 Å². The third-order valence-electron chi connectivity index (χ3n) is 2.73. The number of aliphatic hydroxyl groups is 1. The lowest BCUT2D eigenvalue weighted by atomic mass is 9.96. The maximum atomic E-state index is 12.1. The largest absolute Gasteiger partial charge is 0.390 e. The molecule has 0 bridgehead atoms. The van der Waals surface area contributed by atoms with Crippen molar-refractivity contribution < 1.29 is 18.3 Å². The summed E-state index contributed by atoms with van der Waals surface area (Å²) >= 11 is 0. The molecule has 0 saturated carbocycles. The summed E-state index contributed by atoms with van der Waals surface area (Å²) in [4.78, 5) is 0. The van der Waals surface area contributed by atoms with E-state index in [4.69, 9.17) is 0 Å². The molecule has 2 atom stereocenters. The molecule has 0 radical (unpaired) electrons. The zero-order valence-corrected chi connectivity index (χ0v) is 10.5. The minimum Gasteiger partial charge on any atom is -0.384 e. The zero-order chi connectivity index (χ0) is 13.8. The number of hydrogen-bond donors (Lipinski definition) is 2. The second kappa shape index (κ2) is 5.71. The summed E-state index contributed by atoms with van der Waals surface area (Å²) in [6, 6.07) is 8.15. The second-order valence-corrected chi connectivity index (χ2v) is 4.74. The molecule has 18 heavy (non-hydrogen) atoms. The monoisotopic (exact) mass is 261 g/mol. The van der Waals surface area contributed by atoms with Crippen LogP contribution >= 0.6 is 0 Å². The first kappa shape index (κ1) is 15.0. The van der Waals surface area contributed by atoms with E-state index in [1.165, 1.54) is 6.92 Å². The fraction of sp³-hybridized carbons (Fsp3) is 0.538. The van der Waals surface area contributed by atoms with Gasteiger partial charge in [-0.2, -0.15) is 13.2 Å². The molecular formula is C13H18F3NO. The minimum atomic E-state index is -4.19. The van der Waals surface area contributed by atoms with Crippen molar-refractivity contribution in [3.05, 3.63) is 35.9 Å². The van der Waals surface area contributed by atoms with Gasteiger partial charge in [-0.3, -0.25) is 0 Å². The van der Waals surface area contributed by atoms with Crippen molar-refractivity contribution in [1.82, 2.24) is 5.32 Å². The van der Waals surface area contributed by atoms with E-state index in [1.54, 1.807) is 31.2 Å². The van der Waals surface area contributed by atoms with Crippen LogP contribution in [0.25, 0.3) is 0 Å². The summed E-state index contributed by atoms with van der Waals surface area (Å²) in [5.74, 6) is 0. The third-order valence-corrected chi connectivity index (χ3v) is 2.73. The maximum absolute atomic E-state index is 12.1. The third kappa shape index (κ3) is 5.06. The van der Waals surface area contributed by atoms with E-state index in [2.05, 4.69) is 5.32 Å². The molecule has 0 aliphatic rings. The van der Waals surface area contributed by atoms with E-state index >= 15 is 0 Å². The van der Waals surface area contributed by atoms with Crippen LogP contribution < -0.4 is 5.32 Å². The molecule has 0 saturated heterocycles. The smallest absolute Gasteiger partial charge is 0.384 e. The Bertz CT molecular complexity index is 362. The Hall–Kier alpha value is -1.07. The highest BCUT2D eigenvalue weighted by Gasteiger charge is 2.31. The van der Waals surface area contributed by atoms with E-state index in [9.17, 15) is 18.3 Å². The van der Waals surface area contributed by atoms with Crippen molar-refractivity contribution >= 4 is 0 Å². The molecule has 0 aliphatic carbocycles. The Morgan fingerprint density at radius 2 is 1.78 bits per heavy atom. The van der Waals surface area contributed by atoms with Gasteiger partial charge in [-0.05, 0) is 19.4 Å². The molecule has 0 amide bonds. The zero-order valence-electron chi connectivity index (χ0n) is 10.5. The van der Waals surface area contributed by atoms with Gasteiger partial charge in [-0.1, -0.05) is 30.3 Å². The van der Waals surface area contributed by atoms with Gasteiger partial charge in [0.15, 0.2) is 0 Å². The van der Waals surface area contributed by atoms with Crippen LogP contribution in [0.1, 0.15) is 25.8 Å². The molecule has 0 spiro atoms. The average molecular weight is 261 g/mol. The predicted octanol–water partition coefficient (Wildman–Crippen LogP) is 2.82. The van der Waals surface area contributed by atoms with Gasteiger partial charge in [0.1, 0.15) is 0 Å². The van der Waals surface area contributed by atoms with Gasteiger partial charge in [0.25, 0.3) is 0 Å².